The van der Waals surface area contributed by atoms with Crippen LogP contribution in [0.1, 0.15) is 58.8 Å². The summed E-state index contributed by atoms with van der Waals surface area (Å²) in [6.45, 7) is 6.22. The Balaban J connectivity index is 1.76. The maximum atomic E-state index is 13.1. The zero-order chi connectivity index (χ0) is 14.8. The Hall–Kier alpha value is -1.06. The van der Waals surface area contributed by atoms with E-state index < -0.39 is 0 Å². The van der Waals surface area contributed by atoms with Gasteiger partial charge in [0.25, 0.3) is 0 Å². The van der Waals surface area contributed by atoms with E-state index in [-0.39, 0.29) is 22.9 Å². The van der Waals surface area contributed by atoms with E-state index in [0.717, 1.165) is 45.2 Å². The van der Waals surface area contributed by atoms with Crippen LogP contribution in [-0.4, -0.2) is 45.8 Å². The van der Waals surface area contributed by atoms with Gasteiger partial charge in [-0.05, 0) is 52.4 Å². The van der Waals surface area contributed by atoms with Crippen molar-refractivity contribution in [1.82, 2.24) is 9.80 Å². The van der Waals surface area contributed by atoms with Crippen LogP contribution in [0.5, 0.6) is 0 Å². The Morgan fingerprint density at radius 1 is 1.00 bits per heavy atom. The van der Waals surface area contributed by atoms with Crippen LogP contribution in [0, 0.1) is 11.8 Å². The van der Waals surface area contributed by atoms with Gasteiger partial charge in [-0.15, -0.1) is 0 Å². The average molecular weight is 290 g/mol. The lowest BCUT2D eigenvalue weighted by molar-refractivity contribution is -0.186. The molecule has 4 aliphatic rings. The van der Waals surface area contributed by atoms with E-state index in [9.17, 15) is 9.59 Å². The highest BCUT2D eigenvalue weighted by atomic mass is 16.2. The predicted molar refractivity (Wildman–Crippen MR) is 79.5 cm³/mol. The fourth-order valence-electron chi connectivity index (χ4n) is 5.59. The highest BCUT2D eigenvalue weighted by molar-refractivity contribution is 5.86. The molecule has 0 saturated carbocycles. The Morgan fingerprint density at radius 3 is 2.57 bits per heavy atom. The summed E-state index contributed by atoms with van der Waals surface area (Å²) >= 11 is 0. The van der Waals surface area contributed by atoms with E-state index in [2.05, 4.69) is 23.6 Å². The number of rotatable bonds is 0. The number of hydrogen-bond donors (Lipinski definition) is 0. The topological polar surface area (TPSA) is 40.6 Å². The molecule has 0 unspecified atom stereocenters. The van der Waals surface area contributed by atoms with Crippen molar-refractivity contribution in [2.24, 2.45) is 11.8 Å². The summed E-state index contributed by atoms with van der Waals surface area (Å²) in [6, 6.07) is 0. The summed E-state index contributed by atoms with van der Waals surface area (Å²) in [7, 11) is 0. The largest absolute Gasteiger partial charge is 0.337 e. The van der Waals surface area contributed by atoms with Gasteiger partial charge in [0.15, 0.2) is 0 Å². The van der Waals surface area contributed by atoms with Crippen molar-refractivity contribution in [2.75, 3.05) is 13.1 Å². The third-order valence-electron chi connectivity index (χ3n) is 7.04. The Labute approximate surface area is 126 Å². The number of fused-ring (bicyclic) bond motifs is 6. The summed E-state index contributed by atoms with van der Waals surface area (Å²) in [5.41, 5.74) is -0.230. The lowest BCUT2D eigenvalue weighted by Gasteiger charge is -2.64. The predicted octanol–water partition coefficient (Wildman–Crippen LogP) is 2.18. The smallest absolute Gasteiger partial charge is 0.228 e. The standard InChI is InChI=1S/C17H26N2O2/c1-16-7-3-4-9-18(16)15(21)13-10-12(16)11-19-14(20)6-5-8-17(13,19)2/h12-13H,3-11H2,1-2H3/t12-,13-,16-,17+/m0/s1. The first-order valence-corrected chi connectivity index (χ1v) is 8.59. The fraction of sp³-hybridized carbons (Fsp3) is 0.882. The normalized spacial score (nSPS) is 46.2. The van der Waals surface area contributed by atoms with E-state index in [1.54, 1.807) is 0 Å². The van der Waals surface area contributed by atoms with Crippen molar-refractivity contribution in [1.29, 1.82) is 0 Å². The summed E-state index contributed by atoms with van der Waals surface area (Å²) in [6.07, 6.45) is 7.06. The molecule has 116 valence electrons. The number of amides is 2. The third-order valence-corrected chi connectivity index (χ3v) is 7.04. The van der Waals surface area contributed by atoms with Crippen LogP contribution in [0.25, 0.3) is 0 Å². The van der Waals surface area contributed by atoms with Gasteiger partial charge >= 0.3 is 0 Å². The first kappa shape index (κ1) is 13.6. The molecular formula is C17H26N2O2. The summed E-state index contributed by atoms with van der Waals surface area (Å²) in [5.74, 6) is 1.11. The number of nitrogens with zero attached hydrogens (tertiary/aromatic N) is 2. The van der Waals surface area contributed by atoms with Gasteiger partial charge in [-0.2, -0.15) is 0 Å². The fourth-order valence-corrected chi connectivity index (χ4v) is 5.59. The molecule has 0 aromatic carbocycles. The molecule has 0 aromatic heterocycles. The van der Waals surface area contributed by atoms with Crippen molar-refractivity contribution in [3.05, 3.63) is 0 Å². The van der Waals surface area contributed by atoms with Crippen molar-refractivity contribution >= 4 is 11.8 Å². The zero-order valence-corrected chi connectivity index (χ0v) is 13.2. The van der Waals surface area contributed by atoms with Crippen LogP contribution in [0.3, 0.4) is 0 Å². The molecule has 0 aliphatic carbocycles. The van der Waals surface area contributed by atoms with E-state index in [0.29, 0.717) is 18.2 Å². The number of carbonyl (C=O) groups is 2. The second-order valence-corrected chi connectivity index (χ2v) is 8.00. The number of piperidine rings is 4. The minimum Gasteiger partial charge on any atom is -0.337 e. The molecule has 0 spiro atoms. The molecule has 2 amide bonds. The van der Waals surface area contributed by atoms with Gasteiger partial charge in [0.05, 0.1) is 11.5 Å². The van der Waals surface area contributed by atoms with Gasteiger partial charge in [0.1, 0.15) is 0 Å². The van der Waals surface area contributed by atoms with Crippen molar-refractivity contribution in [2.45, 2.75) is 69.9 Å². The minimum atomic E-state index is -0.221. The highest BCUT2D eigenvalue weighted by Gasteiger charge is 2.61. The molecule has 0 aromatic rings. The summed E-state index contributed by atoms with van der Waals surface area (Å²) in [5, 5.41) is 0. The third kappa shape index (κ3) is 1.62. The van der Waals surface area contributed by atoms with Gasteiger partial charge < -0.3 is 9.80 Å². The van der Waals surface area contributed by atoms with Crippen LogP contribution in [0.4, 0.5) is 0 Å². The van der Waals surface area contributed by atoms with Gasteiger partial charge in [0.2, 0.25) is 11.8 Å². The van der Waals surface area contributed by atoms with Crippen LogP contribution < -0.4 is 0 Å². The Bertz CT molecular complexity index is 505. The van der Waals surface area contributed by atoms with Crippen LogP contribution >= 0.6 is 0 Å². The quantitative estimate of drug-likeness (QED) is 0.686. The van der Waals surface area contributed by atoms with Crippen LogP contribution in [0.15, 0.2) is 0 Å². The van der Waals surface area contributed by atoms with Crippen molar-refractivity contribution in [3.8, 4) is 0 Å². The Kier molecular flexibility index (Phi) is 2.74. The van der Waals surface area contributed by atoms with E-state index in [1.807, 2.05) is 0 Å². The lowest BCUT2D eigenvalue weighted by Crippen LogP contribution is -2.74. The molecule has 4 atom stereocenters. The van der Waals surface area contributed by atoms with Crippen LogP contribution in [0.2, 0.25) is 0 Å². The average Bonchev–Trinajstić information content (AvgIpc) is 2.45. The zero-order valence-electron chi connectivity index (χ0n) is 13.2. The molecular weight excluding hydrogens is 264 g/mol. The molecule has 4 heterocycles. The minimum absolute atomic E-state index is 0.00904. The second kappa shape index (κ2) is 4.23. The molecule has 4 heteroatoms. The molecule has 21 heavy (non-hydrogen) atoms. The molecule has 4 aliphatic heterocycles. The second-order valence-electron chi connectivity index (χ2n) is 8.00. The van der Waals surface area contributed by atoms with Crippen molar-refractivity contribution in [3.63, 3.8) is 0 Å². The van der Waals surface area contributed by atoms with Gasteiger partial charge in [-0.1, -0.05) is 0 Å². The van der Waals surface area contributed by atoms with E-state index >= 15 is 0 Å². The molecule has 0 N–H and O–H groups in total. The number of carbonyl (C=O) groups excluding carboxylic acids is 2. The maximum Gasteiger partial charge on any atom is 0.228 e. The van der Waals surface area contributed by atoms with Gasteiger partial charge in [-0.3, -0.25) is 9.59 Å². The lowest BCUT2D eigenvalue weighted by atomic mass is 9.60. The molecule has 4 rings (SSSR count). The van der Waals surface area contributed by atoms with Crippen LogP contribution in [-0.2, 0) is 9.59 Å². The summed E-state index contributed by atoms with van der Waals surface area (Å²) < 4.78 is 0. The molecule has 4 fully saturated rings. The first-order valence-electron chi connectivity index (χ1n) is 8.59. The molecule has 4 saturated heterocycles. The SMILES string of the molecule is C[C@@]12CCCCN1C(=O)[C@@H]1C[C@H]2CN2C(=O)CCC[C@]12C. The van der Waals surface area contributed by atoms with Crippen molar-refractivity contribution < 1.29 is 9.59 Å². The maximum absolute atomic E-state index is 13.1. The van der Waals surface area contributed by atoms with Gasteiger partial charge in [0, 0.05) is 31.0 Å². The first-order chi connectivity index (χ1) is 9.97. The highest BCUT2D eigenvalue weighted by Crippen LogP contribution is 2.52. The molecule has 0 radical (unpaired) electrons. The molecule has 2 bridgehead atoms. The monoisotopic (exact) mass is 290 g/mol. The van der Waals surface area contributed by atoms with Gasteiger partial charge in [-0.25, -0.2) is 0 Å². The Morgan fingerprint density at radius 2 is 1.76 bits per heavy atom. The number of hydrogen-bond acceptors (Lipinski definition) is 2. The molecule has 4 nitrogen and oxygen atoms in total. The van der Waals surface area contributed by atoms with E-state index in [4.69, 9.17) is 0 Å². The summed E-state index contributed by atoms with van der Waals surface area (Å²) in [4.78, 5) is 29.8. The van der Waals surface area contributed by atoms with E-state index in [1.165, 1.54) is 6.42 Å².